The highest BCUT2D eigenvalue weighted by Gasteiger charge is 2.76. The molecule has 1 aliphatic heterocycles. The van der Waals surface area contributed by atoms with Gasteiger partial charge in [0, 0.05) is 13.2 Å². The van der Waals surface area contributed by atoms with Crippen LogP contribution in [0, 0.1) is 0 Å². The summed E-state index contributed by atoms with van der Waals surface area (Å²) in [5.74, 6) is 0.396. The number of aliphatic hydroxyl groups excluding tert-OH is 2. The minimum Gasteiger partial charge on any atom is -0.387 e. The molecule has 0 bridgehead atoms. The summed E-state index contributed by atoms with van der Waals surface area (Å²) < 4.78 is 6.34. The van der Waals surface area contributed by atoms with E-state index in [1.54, 1.807) is 13.1 Å². The van der Waals surface area contributed by atoms with Gasteiger partial charge < -0.3 is 25.4 Å². The van der Waals surface area contributed by atoms with Crippen LogP contribution in [0.3, 0.4) is 0 Å². The van der Waals surface area contributed by atoms with E-state index in [0.717, 1.165) is 4.57 Å². The molecule has 1 aromatic heterocycles. The summed E-state index contributed by atoms with van der Waals surface area (Å²) in [6.07, 6.45) is -2.95. The molecule has 0 spiro atoms. The van der Waals surface area contributed by atoms with Gasteiger partial charge in [0.25, 0.3) is 0 Å². The van der Waals surface area contributed by atoms with Crippen LogP contribution in [-0.4, -0.2) is 55.8 Å². The fourth-order valence-electron chi connectivity index (χ4n) is 2.29. The Kier molecular flexibility index (Phi) is 2.26. The number of fused-ring (bicyclic) bond motifs is 1. The number of rotatable bonds is 2. The van der Waals surface area contributed by atoms with Crippen LogP contribution in [0.15, 0.2) is 17.1 Å². The Labute approximate surface area is 101 Å². The van der Waals surface area contributed by atoms with E-state index < -0.39 is 35.8 Å². The number of aliphatic hydroxyl groups is 3. The summed E-state index contributed by atoms with van der Waals surface area (Å²) in [6, 6.07) is 1.54. The van der Waals surface area contributed by atoms with Crippen LogP contribution in [0.5, 0.6) is 0 Å². The minimum atomic E-state index is -1.67. The molecular formula is C10H13N3O5. The summed E-state index contributed by atoms with van der Waals surface area (Å²) in [5, 5.41) is 31.8. The molecule has 4 N–H and O–H groups in total. The van der Waals surface area contributed by atoms with Gasteiger partial charge in [-0.3, -0.25) is 4.57 Å². The predicted octanol–water partition coefficient (Wildman–Crippen LogP) is -2.35. The monoisotopic (exact) mass is 255 g/mol. The first-order chi connectivity index (χ1) is 8.50. The molecule has 1 saturated heterocycles. The van der Waals surface area contributed by atoms with Gasteiger partial charge in [0.15, 0.2) is 11.8 Å². The third kappa shape index (κ3) is 1.28. The fourth-order valence-corrected chi connectivity index (χ4v) is 2.29. The second-order valence-electron chi connectivity index (χ2n) is 4.48. The van der Waals surface area contributed by atoms with Gasteiger partial charge in [0.05, 0.1) is 0 Å². The second kappa shape index (κ2) is 3.51. The SMILES string of the molecule is CNc1ccn(C2OC3C(O)C3(O)C2O)c(=O)n1. The van der Waals surface area contributed by atoms with E-state index in [2.05, 4.69) is 10.3 Å². The van der Waals surface area contributed by atoms with Crippen molar-refractivity contribution < 1.29 is 20.1 Å². The van der Waals surface area contributed by atoms with Gasteiger partial charge in [0.2, 0.25) is 0 Å². The number of hydrogen-bond donors (Lipinski definition) is 4. The van der Waals surface area contributed by atoms with Gasteiger partial charge in [0.1, 0.15) is 24.1 Å². The van der Waals surface area contributed by atoms with E-state index in [0.29, 0.717) is 5.82 Å². The number of nitrogens with one attached hydrogen (secondary N) is 1. The van der Waals surface area contributed by atoms with Gasteiger partial charge in [-0.2, -0.15) is 4.98 Å². The average molecular weight is 255 g/mol. The van der Waals surface area contributed by atoms with Crippen molar-refractivity contribution in [3.63, 3.8) is 0 Å². The van der Waals surface area contributed by atoms with Gasteiger partial charge in [-0.25, -0.2) is 4.79 Å². The number of aromatic nitrogens is 2. The number of hydrogen-bond acceptors (Lipinski definition) is 7. The lowest BCUT2D eigenvalue weighted by Crippen LogP contribution is -2.40. The van der Waals surface area contributed by atoms with Crippen LogP contribution in [-0.2, 0) is 4.74 Å². The van der Waals surface area contributed by atoms with Crippen LogP contribution in [0.1, 0.15) is 6.23 Å². The molecule has 3 rings (SSSR count). The van der Waals surface area contributed by atoms with E-state index in [4.69, 9.17) is 4.74 Å². The highest BCUT2D eigenvalue weighted by Crippen LogP contribution is 2.53. The van der Waals surface area contributed by atoms with Crippen molar-refractivity contribution in [3.8, 4) is 0 Å². The van der Waals surface area contributed by atoms with Gasteiger partial charge in [-0.05, 0) is 6.07 Å². The summed E-state index contributed by atoms with van der Waals surface area (Å²) >= 11 is 0. The molecule has 0 aromatic carbocycles. The molecule has 98 valence electrons. The summed E-state index contributed by atoms with van der Waals surface area (Å²) in [4.78, 5) is 15.4. The van der Waals surface area contributed by atoms with E-state index in [1.165, 1.54) is 6.20 Å². The zero-order valence-electron chi connectivity index (χ0n) is 9.52. The number of anilines is 1. The molecule has 8 nitrogen and oxygen atoms in total. The van der Waals surface area contributed by atoms with Crippen LogP contribution in [0.2, 0.25) is 0 Å². The molecular weight excluding hydrogens is 242 g/mol. The first-order valence-corrected chi connectivity index (χ1v) is 5.51. The molecule has 8 heteroatoms. The Balaban J connectivity index is 1.92. The largest absolute Gasteiger partial charge is 0.387 e. The standard InChI is InChI=1S/C10H13N3O5/c1-11-4-2-3-13(9(16)12-4)8-6(15)10(17)5(14)7(10)18-8/h2-3,5-8,14-15,17H,1H3,(H,11,12,16). The summed E-state index contributed by atoms with van der Waals surface area (Å²) in [5.41, 5.74) is -2.28. The molecule has 1 saturated carbocycles. The smallest absolute Gasteiger partial charge is 0.351 e. The normalized spacial score (nSPS) is 41.6. The Bertz CT molecular complexity index is 547. The van der Waals surface area contributed by atoms with Gasteiger partial charge in [-0.1, -0.05) is 0 Å². The maximum absolute atomic E-state index is 11.7. The quantitative estimate of drug-likeness (QED) is 0.467. The Morgan fingerprint density at radius 3 is 2.72 bits per heavy atom. The lowest BCUT2D eigenvalue weighted by molar-refractivity contribution is -0.0973. The predicted molar refractivity (Wildman–Crippen MR) is 58.9 cm³/mol. The molecule has 2 fully saturated rings. The molecule has 1 aromatic rings. The Morgan fingerprint density at radius 1 is 1.50 bits per heavy atom. The Morgan fingerprint density at radius 2 is 2.22 bits per heavy atom. The van der Waals surface area contributed by atoms with Gasteiger partial charge in [-0.15, -0.1) is 0 Å². The molecule has 1 aliphatic carbocycles. The third-order valence-corrected chi connectivity index (χ3v) is 3.50. The van der Waals surface area contributed by atoms with Crippen molar-refractivity contribution >= 4 is 5.82 Å². The van der Waals surface area contributed by atoms with Crippen molar-refractivity contribution in [1.82, 2.24) is 9.55 Å². The van der Waals surface area contributed by atoms with Crippen molar-refractivity contribution in [2.24, 2.45) is 0 Å². The van der Waals surface area contributed by atoms with Crippen LogP contribution in [0.4, 0.5) is 5.82 Å². The van der Waals surface area contributed by atoms with E-state index in [1.807, 2.05) is 0 Å². The zero-order chi connectivity index (χ0) is 13.1. The zero-order valence-corrected chi connectivity index (χ0v) is 9.52. The lowest BCUT2D eigenvalue weighted by atomic mass is 10.1. The second-order valence-corrected chi connectivity index (χ2v) is 4.48. The van der Waals surface area contributed by atoms with Crippen molar-refractivity contribution in [2.75, 3.05) is 12.4 Å². The molecule has 5 unspecified atom stereocenters. The van der Waals surface area contributed by atoms with Crippen molar-refractivity contribution in [1.29, 1.82) is 0 Å². The fraction of sp³-hybridized carbons (Fsp3) is 0.600. The highest BCUT2D eigenvalue weighted by molar-refractivity contribution is 5.31. The molecule has 0 radical (unpaired) electrons. The molecule has 2 heterocycles. The van der Waals surface area contributed by atoms with Crippen molar-refractivity contribution in [2.45, 2.75) is 30.1 Å². The Hall–Kier alpha value is -1.48. The summed E-state index contributed by atoms with van der Waals surface area (Å²) in [6.45, 7) is 0. The number of ether oxygens (including phenoxy) is 1. The molecule has 18 heavy (non-hydrogen) atoms. The van der Waals surface area contributed by atoms with Crippen molar-refractivity contribution in [3.05, 3.63) is 22.7 Å². The molecule has 5 atom stereocenters. The average Bonchev–Trinajstić information content (AvgIpc) is 2.75. The summed E-state index contributed by atoms with van der Waals surface area (Å²) in [7, 11) is 1.63. The maximum atomic E-state index is 11.7. The van der Waals surface area contributed by atoms with E-state index in [9.17, 15) is 20.1 Å². The topological polar surface area (TPSA) is 117 Å². The van der Waals surface area contributed by atoms with Crippen LogP contribution in [0.25, 0.3) is 0 Å². The molecule has 0 amide bonds. The highest BCUT2D eigenvalue weighted by atomic mass is 16.6. The van der Waals surface area contributed by atoms with E-state index in [-0.39, 0.29) is 0 Å². The van der Waals surface area contributed by atoms with Crippen LogP contribution < -0.4 is 11.0 Å². The third-order valence-electron chi connectivity index (χ3n) is 3.50. The minimum absolute atomic E-state index is 0.396. The first-order valence-electron chi connectivity index (χ1n) is 5.51. The van der Waals surface area contributed by atoms with Gasteiger partial charge >= 0.3 is 5.69 Å². The first kappa shape index (κ1) is 11.6. The van der Waals surface area contributed by atoms with Crippen LogP contribution >= 0.6 is 0 Å². The number of nitrogens with zero attached hydrogens (tertiary/aromatic N) is 2. The maximum Gasteiger partial charge on any atom is 0.351 e. The van der Waals surface area contributed by atoms with E-state index >= 15 is 0 Å². The molecule has 2 aliphatic rings. The lowest BCUT2D eigenvalue weighted by Gasteiger charge is -2.22.